The van der Waals surface area contributed by atoms with Crippen LogP contribution < -0.4 is 0 Å². The molecule has 0 aliphatic carbocycles. The predicted molar refractivity (Wildman–Crippen MR) is 93.3 cm³/mol. The molecule has 0 N–H and O–H groups in total. The molecule has 1 heteroatoms. The van der Waals surface area contributed by atoms with Crippen LogP contribution in [0.15, 0.2) is 0 Å². The van der Waals surface area contributed by atoms with Crippen LogP contribution in [0.4, 0.5) is 0 Å². The van der Waals surface area contributed by atoms with E-state index in [1.54, 1.807) is 0 Å². The summed E-state index contributed by atoms with van der Waals surface area (Å²) in [5.41, 5.74) is 0. The molecule has 116 valence electrons. The number of unbranched alkanes of at least 4 members (excludes halogenated alkanes) is 11. The predicted octanol–water partition coefficient (Wildman–Crippen LogP) is 7.64. The Morgan fingerprint density at radius 2 is 0.842 bits per heavy atom. The Hall–Kier alpha value is 0.480. The minimum atomic E-state index is 0.786. The van der Waals surface area contributed by atoms with Gasteiger partial charge in [0.15, 0.2) is 0 Å². The topological polar surface area (TPSA) is 0 Å². The van der Waals surface area contributed by atoms with E-state index < -0.39 is 0 Å². The maximum atomic E-state index is 3.84. The summed E-state index contributed by atoms with van der Waals surface area (Å²) >= 11 is 3.84. The van der Waals surface area contributed by atoms with Crippen LogP contribution in [-0.2, 0) is 0 Å². The highest BCUT2D eigenvalue weighted by Crippen LogP contribution is 2.19. The number of alkyl halides is 1. The van der Waals surface area contributed by atoms with Crippen LogP contribution in [0.2, 0.25) is 0 Å². The third-order valence-corrected chi connectivity index (χ3v) is 4.91. The molecule has 0 fully saturated rings. The van der Waals surface area contributed by atoms with Gasteiger partial charge in [0.1, 0.15) is 0 Å². The van der Waals surface area contributed by atoms with Gasteiger partial charge in [-0.2, -0.15) is 0 Å². The van der Waals surface area contributed by atoms with Crippen molar-refractivity contribution < 1.29 is 0 Å². The van der Waals surface area contributed by atoms with E-state index in [9.17, 15) is 0 Å². The van der Waals surface area contributed by atoms with Crippen LogP contribution in [0.25, 0.3) is 0 Å². The summed E-state index contributed by atoms with van der Waals surface area (Å²) in [7, 11) is 0. The van der Waals surface area contributed by atoms with Crippen LogP contribution in [0.3, 0.4) is 0 Å². The fraction of sp³-hybridized carbons (Fsp3) is 1.00. The number of rotatable bonds is 15. The molecule has 0 aromatic heterocycles. The number of halogens is 1. The second-order valence-electron chi connectivity index (χ2n) is 6.06. The van der Waals surface area contributed by atoms with E-state index in [2.05, 4.69) is 29.8 Å². The first-order valence-electron chi connectivity index (χ1n) is 8.95. The van der Waals surface area contributed by atoms with Gasteiger partial charge >= 0.3 is 0 Å². The zero-order valence-electron chi connectivity index (χ0n) is 13.6. The maximum Gasteiger partial charge on any atom is 0.0145 e. The van der Waals surface area contributed by atoms with Crippen LogP contribution in [-0.4, -0.2) is 4.83 Å². The van der Waals surface area contributed by atoms with Gasteiger partial charge in [0.05, 0.1) is 0 Å². The van der Waals surface area contributed by atoms with E-state index in [1.165, 1.54) is 96.3 Å². The molecule has 0 rings (SSSR count). The summed E-state index contributed by atoms with van der Waals surface area (Å²) in [6.45, 7) is 4.58. The number of hydrogen-bond donors (Lipinski definition) is 0. The van der Waals surface area contributed by atoms with Crippen molar-refractivity contribution >= 4 is 15.9 Å². The minimum absolute atomic E-state index is 0.786. The summed E-state index contributed by atoms with van der Waals surface area (Å²) < 4.78 is 0. The maximum absolute atomic E-state index is 3.84. The molecule has 0 bridgehead atoms. The van der Waals surface area contributed by atoms with E-state index in [4.69, 9.17) is 0 Å². The van der Waals surface area contributed by atoms with Crippen molar-refractivity contribution in [3.05, 3.63) is 0 Å². The average molecular weight is 333 g/mol. The van der Waals surface area contributed by atoms with Gasteiger partial charge < -0.3 is 0 Å². The zero-order valence-corrected chi connectivity index (χ0v) is 15.1. The Balaban J connectivity index is 3.07. The standard InChI is InChI=1S/C18H37Br/c1-3-5-7-9-10-11-12-13-15-17-18(19)16-14-8-6-4-2/h18H,3-17H2,1-2H3. The lowest BCUT2D eigenvalue weighted by molar-refractivity contribution is 0.540. The molecule has 0 saturated heterocycles. The highest BCUT2D eigenvalue weighted by atomic mass is 79.9. The second-order valence-corrected chi connectivity index (χ2v) is 7.36. The third kappa shape index (κ3) is 16.4. The van der Waals surface area contributed by atoms with Crippen LogP contribution in [0.5, 0.6) is 0 Å². The van der Waals surface area contributed by atoms with Gasteiger partial charge in [-0.15, -0.1) is 0 Å². The molecule has 1 atom stereocenters. The molecule has 0 heterocycles. The molecule has 0 aliphatic rings. The molecular weight excluding hydrogens is 296 g/mol. The van der Waals surface area contributed by atoms with Crippen molar-refractivity contribution in [1.82, 2.24) is 0 Å². The summed E-state index contributed by atoms with van der Waals surface area (Å²) in [5.74, 6) is 0. The summed E-state index contributed by atoms with van der Waals surface area (Å²) in [4.78, 5) is 0.786. The van der Waals surface area contributed by atoms with Gasteiger partial charge in [0.25, 0.3) is 0 Å². The van der Waals surface area contributed by atoms with Crippen molar-refractivity contribution in [1.29, 1.82) is 0 Å². The Morgan fingerprint density at radius 3 is 1.26 bits per heavy atom. The second kappa shape index (κ2) is 16.5. The molecule has 19 heavy (non-hydrogen) atoms. The first-order chi connectivity index (χ1) is 9.31. The summed E-state index contributed by atoms with van der Waals surface area (Å²) in [5, 5.41) is 0. The molecular formula is C18H37Br. The fourth-order valence-corrected chi connectivity index (χ4v) is 3.26. The van der Waals surface area contributed by atoms with Gasteiger partial charge in [-0.1, -0.05) is 113 Å². The molecule has 0 spiro atoms. The van der Waals surface area contributed by atoms with Crippen molar-refractivity contribution in [3.8, 4) is 0 Å². The molecule has 0 amide bonds. The third-order valence-electron chi connectivity index (χ3n) is 3.99. The monoisotopic (exact) mass is 332 g/mol. The molecule has 0 aromatic carbocycles. The molecule has 0 aliphatic heterocycles. The normalized spacial score (nSPS) is 12.8. The lowest BCUT2D eigenvalue weighted by Crippen LogP contribution is -1.97. The Bertz CT molecular complexity index is 156. The molecule has 0 radical (unpaired) electrons. The molecule has 0 saturated carbocycles. The highest BCUT2D eigenvalue weighted by molar-refractivity contribution is 9.09. The lowest BCUT2D eigenvalue weighted by atomic mass is 10.0. The Kier molecular flexibility index (Phi) is 17.0. The van der Waals surface area contributed by atoms with Crippen LogP contribution >= 0.6 is 15.9 Å². The van der Waals surface area contributed by atoms with Crippen molar-refractivity contribution in [2.24, 2.45) is 0 Å². The molecule has 0 aromatic rings. The highest BCUT2D eigenvalue weighted by Gasteiger charge is 2.03. The van der Waals surface area contributed by atoms with E-state index in [0.29, 0.717) is 0 Å². The van der Waals surface area contributed by atoms with Gasteiger partial charge in [-0.3, -0.25) is 0 Å². The van der Waals surface area contributed by atoms with E-state index >= 15 is 0 Å². The van der Waals surface area contributed by atoms with Crippen molar-refractivity contribution in [2.45, 2.75) is 115 Å². The van der Waals surface area contributed by atoms with E-state index in [1.807, 2.05) is 0 Å². The molecule has 0 nitrogen and oxygen atoms in total. The summed E-state index contributed by atoms with van der Waals surface area (Å²) in [6.07, 6.45) is 21.4. The SMILES string of the molecule is CCCCCCCCCCCC(Br)CCCCCC. The average Bonchev–Trinajstić information content (AvgIpc) is 2.42. The van der Waals surface area contributed by atoms with Crippen molar-refractivity contribution in [3.63, 3.8) is 0 Å². The van der Waals surface area contributed by atoms with Gasteiger partial charge in [-0.25, -0.2) is 0 Å². The number of hydrogen-bond acceptors (Lipinski definition) is 0. The minimum Gasteiger partial charge on any atom is -0.0891 e. The lowest BCUT2D eigenvalue weighted by Gasteiger charge is -2.09. The largest absolute Gasteiger partial charge is 0.0891 e. The zero-order chi connectivity index (χ0) is 14.2. The van der Waals surface area contributed by atoms with Crippen molar-refractivity contribution in [2.75, 3.05) is 0 Å². The van der Waals surface area contributed by atoms with E-state index in [0.717, 1.165) is 4.83 Å². The van der Waals surface area contributed by atoms with Gasteiger partial charge in [0.2, 0.25) is 0 Å². The fourth-order valence-electron chi connectivity index (χ4n) is 2.61. The first kappa shape index (κ1) is 19.5. The Labute approximate surface area is 131 Å². The van der Waals surface area contributed by atoms with Crippen LogP contribution in [0, 0.1) is 0 Å². The quantitative estimate of drug-likeness (QED) is 0.213. The van der Waals surface area contributed by atoms with Gasteiger partial charge in [-0.05, 0) is 12.8 Å². The summed E-state index contributed by atoms with van der Waals surface area (Å²) in [6, 6.07) is 0. The van der Waals surface area contributed by atoms with Crippen LogP contribution in [0.1, 0.15) is 110 Å². The van der Waals surface area contributed by atoms with Gasteiger partial charge in [0, 0.05) is 4.83 Å². The Morgan fingerprint density at radius 1 is 0.526 bits per heavy atom. The van der Waals surface area contributed by atoms with E-state index in [-0.39, 0.29) is 0 Å². The smallest absolute Gasteiger partial charge is 0.0145 e. The molecule has 1 unspecified atom stereocenters. The first-order valence-corrected chi connectivity index (χ1v) is 9.86.